The number of hydrogen-bond donors (Lipinski definition) is 1. The van der Waals surface area contributed by atoms with E-state index in [1.54, 1.807) is 50.5 Å². The molecule has 2 aromatic carbocycles. The highest BCUT2D eigenvalue weighted by molar-refractivity contribution is 6.31. The number of nitrogens with zero attached hydrogens (tertiary/aromatic N) is 4. The molecule has 0 saturated heterocycles. The van der Waals surface area contributed by atoms with E-state index in [1.807, 2.05) is 60.2 Å². The lowest BCUT2D eigenvalue weighted by Gasteiger charge is -2.33. The van der Waals surface area contributed by atoms with Crippen LogP contribution in [0.3, 0.4) is 0 Å². The molecule has 1 aliphatic heterocycles. The van der Waals surface area contributed by atoms with Crippen molar-refractivity contribution in [2.24, 2.45) is 10.9 Å². The molecule has 2 unspecified atom stereocenters. The Morgan fingerprint density at radius 3 is 2.38 bits per heavy atom. The van der Waals surface area contributed by atoms with E-state index in [0.29, 0.717) is 33.4 Å². The number of aromatic nitrogens is 3. The number of carbonyl (C=O) groups is 2. The first-order valence-electron chi connectivity index (χ1n) is 12.9. The maximum atomic E-state index is 13.8. The van der Waals surface area contributed by atoms with Crippen molar-refractivity contribution in [3.05, 3.63) is 113 Å². The van der Waals surface area contributed by atoms with Crippen molar-refractivity contribution in [1.29, 1.82) is 0 Å². The van der Waals surface area contributed by atoms with Crippen molar-refractivity contribution in [2.75, 3.05) is 11.9 Å². The smallest absolute Gasteiger partial charge is 0.336 e. The summed E-state index contributed by atoms with van der Waals surface area (Å²) in [5.41, 5.74) is 3.51. The number of hydrogen-bond acceptors (Lipinski definition) is 6. The summed E-state index contributed by atoms with van der Waals surface area (Å²) in [5.74, 6) is -1.24. The third kappa shape index (κ3) is 5.31. The number of benzene rings is 2. The molecule has 202 valence electrons. The number of aryl methyl sites for hydroxylation is 1. The third-order valence-corrected chi connectivity index (χ3v) is 7.16. The van der Waals surface area contributed by atoms with Crippen LogP contribution < -0.4 is 5.32 Å². The summed E-state index contributed by atoms with van der Waals surface area (Å²) in [7, 11) is 0. The number of ether oxygens (including phenoxy) is 1. The fourth-order valence-corrected chi connectivity index (χ4v) is 5.24. The molecule has 0 fully saturated rings. The second-order valence-corrected chi connectivity index (χ2v) is 9.72. The predicted molar refractivity (Wildman–Crippen MR) is 156 cm³/mol. The molecule has 2 atom stereocenters. The van der Waals surface area contributed by atoms with Crippen molar-refractivity contribution >= 4 is 40.7 Å². The molecule has 0 aliphatic carbocycles. The van der Waals surface area contributed by atoms with Crippen LogP contribution in [0.1, 0.15) is 36.7 Å². The van der Waals surface area contributed by atoms with Gasteiger partial charge in [-0.05, 0) is 56.7 Å². The minimum atomic E-state index is -0.835. The molecule has 5 rings (SSSR count). The van der Waals surface area contributed by atoms with Crippen LogP contribution in [0.5, 0.6) is 0 Å². The van der Waals surface area contributed by atoms with E-state index in [2.05, 4.69) is 15.3 Å². The number of nitrogens with one attached hydrogen (secondary N) is 1. The summed E-state index contributed by atoms with van der Waals surface area (Å²) < 4.78 is 7.50. The van der Waals surface area contributed by atoms with E-state index < -0.39 is 17.8 Å². The van der Waals surface area contributed by atoms with E-state index in [1.165, 1.54) is 0 Å². The number of carbonyl (C=O) groups excluding carboxylic acids is 2. The zero-order valence-corrected chi connectivity index (χ0v) is 23.1. The monoisotopic (exact) mass is 553 g/mol. The van der Waals surface area contributed by atoms with Gasteiger partial charge in [0.15, 0.2) is 0 Å². The maximum Gasteiger partial charge on any atom is 0.336 e. The van der Waals surface area contributed by atoms with E-state index in [-0.39, 0.29) is 18.1 Å². The van der Waals surface area contributed by atoms with E-state index in [9.17, 15) is 9.59 Å². The van der Waals surface area contributed by atoms with Crippen LogP contribution in [0.15, 0.2) is 95.9 Å². The molecule has 0 spiro atoms. The van der Waals surface area contributed by atoms with Gasteiger partial charge in [0.2, 0.25) is 5.91 Å². The fourth-order valence-electron chi connectivity index (χ4n) is 4.99. The zero-order valence-electron chi connectivity index (χ0n) is 22.3. The Balaban J connectivity index is 1.67. The Morgan fingerprint density at radius 1 is 0.975 bits per heavy atom. The minimum Gasteiger partial charge on any atom is -0.463 e. The highest BCUT2D eigenvalue weighted by atomic mass is 35.5. The summed E-state index contributed by atoms with van der Waals surface area (Å²) in [5, 5.41) is 3.31. The van der Waals surface area contributed by atoms with Crippen molar-refractivity contribution in [1.82, 2.24) is 14.5 Å². The summed E-state index contributed by atoms with van der Waals surface area (Å²) in [6, 6.07) is 20.2. The normalized spacial score (nSPS) is 16.9. The number of imidazole rings is 1. The molecule has 1 aliphatic rings. The van der Waals surface area contributed by atoms with Crippen LogP contribution >= 0.6 is 11.6 Å². The Bertz CT molecular complexity index is 1610. The van der Waals surface area contributed by atoms with Crippen molar-refractivity contribution in [3.8, 4) is 5.69 Å². The van der Waals surface area contributed by atoms with Crippen LogP contribution in [0.4, 0.5) is 5.82 Å². The van der Waals surface area contributed by atoms with E-state index in [4.69, 9.17) is 21.3 Å². The lowest BCUT2D eigenvalue weighted by molar-refractivity contribution is -0.138. The second kappa shape index (κ2) is 11.7. The Kier molecular flexibility index (Phi) is 7.89. The molecular weight excluding hydrogens is 526 g/mol. The standard InChI is InChI=1S/C31H28ClN5O3/c1-4-40-31(39)28-27(23-9-5-6-10-24(23)32)26(30(38)36-25-11-7-8-16-34-25)19(2)35-29(28)21-12-14-22(15-13-21)37-18-17-33-20(37)3/h5-18,26-27H,4H2,1-3H3,(H,34,36,38). The lowest BCUT2D eigenvalue weighted by Crippen LogP contribution is -2.38. The molecule has 2 aromatic heterocycles. The number of pyridine rings is 1. The number of rotatable bonds is 7. The minimum absolute atomic E-state index is 0.164. The Labute approximate surface area is 237 Å². The van der Waals surface area contributed by atoms with Gasteiger partial charge in [0.25, 0.3) is 0 Å². The van der Waals surface area contributed by atoms with Crippen LogP contribution in [-0.4, -0.2) is 38.7 Å². The van der Waals surface area contributed by atoms with Crippen molar-refractivity contribution in [3.63, 3.8) is 0 Å². The van der Waals surface area contributed by atoms with Crippen LogP contribution in [-0.2, 0) is 14.3 Å². The van der Waals surface area contributed by atoms with E-state index >= 15 is 0 Å². The van der Waals surface area contributed by atoms with Gasteiger partial charge in [-0.1, -0.05) is 48.0 Å². The highest BCUT2D eigenvalue weighted by Gasteiger charge is 2.43. The van der Waals surface area contributed by atoms with Gasteiger partial charge in [-0.3, -0.25) is 9.79 Å². The number of aliphatic imine (C=N–C) groups is 1. The van der Waals surface area contributed by atoms with Gasteiger partial charge in [0.05, 0.1) is 23.8 Å². The predicted octanol–water partition coefficient (Wildman–Crippen LogP) is 6.02. The summed E-state index contributed by atoms with van der Waals surface area (Å²) in [6.07, 6.45) is 5.22. The molecule has 1 N–H and O–H groups in total. The van der Waals surface area contributed by atoms with Gasteiger partial charge >= 0.3 is 5.97 Å². The first-order valence-corrected chi connectivity index (χ1v) is 13.3. The third-order valence-electron chi connectivity index (χ3n) is 6.82. The molecule has 1 amide bonds. The van der Waals surface area contributed by atoms with Crippen molar-refractivity contribution in [2.45, 2.75) is 26.7 Å². The summed E-state index contributed by atoms with van der Waals surface area (Å²) >= 11 is 6.70. The molecular formula is C31H28ClN5O3. The second-order valence-electron chi connectivity index (χ2n) is 9.31. The molecule has 4 aromatic rings. The molecule has 40 heavy (non-hydrogen) atoms. The van der Waals surface area contributed by atoms with Crippen molar-refractivity contribution < 1.29 is 14.3 Å². The zero-order chi connectivity index (χ0) is 28.2. The molecule has 9 heteroatoms. The van der Waals surface area contributed by atoms with Crippen LogP contribution in [0.2, 0.25) is 5.02 Å². The maximum absolute atomic E-state index is 13.8. The molecule has 0 bridgehead atoms. The SMILES string of the molecule is CCOC(=O)C1=C(c2ccc(-n3ccnc3C)cc2)N=C(C)C(C(=O)Nc2ccccn2)C1c1ccccc1Cl. The number of anilines is 1. The van der Waals surface area contributed by atoms with Gasteiger partial charge in [0.1, 0.15) is 11.6 Å². The topological polar surface area (TPSA) is 98.5 Å². The van der Waals surface area contributed by atoms with E-state index in [0.717, 1.165) is 11.5 Å². The quantitative estimate of drug-likeness (QED) is 0.282. The van der Waals surface area contributed by atoms with Crippen LogP contribution in [0.25, 0.3) is 11.4 Å². The molecule has 0 radical (unpaired) electrons. The summed E-state index contributed by atoms with van der Waals surface area (Å²) in [6.45, 7) is 5.62. The first-order chi connectivity index (χ1) is 19.4. The Morgan fingerprint density at radius 2 is 1.73 bits per heavy atom. The Hall–Kier alpha value is -4.56. The first kappa shape index (κ1) is 27.0. The largest absolute Gasteiger partial charge is 0.463 e. The van der Waals surface area contributed by atoms with Gasteiger partial charge in [-0.25, -0.2) is 14.8 Å². The number of amides is 1. The number of halogens is 1. The van der Waals surface area contributed by atoms with Gasteiger partial charge in [-0.2, -0.15) is 0 Å². The lowest BCUT2D eigenvalue weighted by atomic mass is 9.74. The number of esters is 1. The average molecular weight is 554 g/mol. The summed E-state index contributed by atoms with van der Waals surface area (Å²) in [4.78, 5) is 40.8. The van der Waals surface area contributed by atoms with Gasteiger partial charge in [-0.15, -0.1) is 0 Å². The van der Waals surface area contributed by atoms with Gasteiger partial charge < -0.3 is 14.6 Å². The fraction of sp³-hybridized carbons (Fsp3) is 0.194. The molecule has 8 nitrogen and oxygen atoms in total. The molecule has 0 saturated carbocycles. The highest BCUT2D eigenvalue weighted by Crippen LogP contribution is 2.45. The van der Waals surface area contributed by atoms with Crippen LogP contribution in [0, 0.1) is 12.8 Å². The average Bonchev–Trinajstić information content (AvgIpc) is 3.39. The van der Waals surface area contributed by atoms with Gasteiger partial charge in [0, 0.05) is 46.5 Å². The molecule has 3 heterocycles.